The van der Waals surface area contributed by atoms with Gasteiger partial charge in [-0.2, -0.15) is 5.10 Å². The molecule has 3 heterocycles. The van der Waals surface area contributed by atoms with Crippen molar-refractivity contribution in [3.05, 3.63) is 47.5 Å². The number of aryl methyl sites for hydroxylation is 2. The summed E-state index contributed by atoms with van der Waals surface area (Å²) < 4.78 is 2.15. The normalized spacial score (nSPS) is 19.6. The highest BCUT2D eigenvalue weighted by Crippen LogP contribution is 2.21. The zero-order valence-electron chi connectivity index (χ0n) is 12.3. The van der Waals surface area contributed by atoms with Gasteiger partial charge in [0, 0.05) is 30.7 Å². The molecule has 0 amide bonds. The monoisotopic (exact) mass is 270 g/mol. The van der Waals surface area contributed by atoms with Crippen LogP contribution in [0.15, 0.2) is 30.6 Å². The molecule has 0 aromatic carbocycles. The van der Waals surface area contributed by atoms with Crippen molar-refractivity contribution < 1.29 is 0 Å². The summed E-state index contributed by atoms with van der Waals surface area (Å²) in [4.78, 5) is 6.77. The smallest absolute Gasteiger partial charge is 0.0596 e. The first kappa shape index (κ1) is 13.3. The average molecular weight is 270 g/mol. The minimum Gasteiger partial charge on any atom is -0.294 e. The first-order valence-electron chi connectivity index (χ1n) is 7.36. The predicted octanol–water partition coefficient (Wildman–Crippen LogP) is 2.56. The van der Waals surface area contributed by atoms with E-state index in [1.807, 2.05) is 18.5 Å². The molecule has 0 spiro atoms. The molecule has 2 aromatic rings. The molecule has 4 nitrogen and oxygen atoms in total. The van der Waals surface area contributed by atoms with Gasteiger partial charge in [-0.05, 0) is 50.9 Å². The maximum absolute atomic E-state index is 4.59. The summed E-state index contributed by atoms with van der Waals surface area (Å²) >= 11 is 0. The highest BCUT2D eigenvalue weighted by atomic mass is 15.3. The number of hydrogen-bond donors (Lipinski definition) is 0. The third-order valence-electron chi connectivity index (χ3n) is 4.09. The minimum absolute atomic E-state index is 0.591. The molecule has 4 heteroatoms. The van der Waals surface area contributed by atoms with Crippen molar-refractivity contribution in [1.82, 2.24) is 19.7 Å². The molecular weight excluding hydrogens is 248 g/mol. The van der Waals surface area contributed by atoms with Crippen molar-refractivity contribution in [3.63, 3.8) is 0 Å². The quantitative estimate of drug-likeness (QED) is 0.856. The van der Waals surface area contributed by atoms with Gasteiger partial charge >= 0.3 is 0 Å². The molecule has 1 fully saturated rings. The van der Waals surface area contributed by atoms with Crippen LogP contribution in [-0.2, 0) is 13.1 Å². The highest BCUT2D eigenvalue weighted by Gasteiger charge is 2.25. The van der Waals surface area contributed by atoms with Crippen LogP contribution < -0.4 is 0 Å². The molecule has 0 saturated carbocycles. The molecule has 1 aliphatic rings. The topological polar surface area (TPSA) is 34.0 Å². The number of hydrogen-bond acceptors (Lipinski definition) is 3. The second-order valence-corrected chi connectivity index (χ2v) is 5.74. The summed E-state index contributed by atoms with van der Waals surface area (Å²) in [5, 5.41) is 4.59. The predicted molar refractivity (Wildman–Crippen MR) is 79.4 cm³/mol. The van der Waals surface area contributed by atoms with Gasteiger partial charge in [-0.15, -0.1) is 0 Å². The van der Waals surface area contributed by atoms with Crippen LogP contribution in [0.1, 0.15) is 29.8 Å². The summed E-state index contributed by atoms with van der Waals surface area (Å²) in [6, 6.07) is 6.92. The van der Waals surface area contributed by atoms with E-state index in [4.69, 9.17) is 0 Å². The Morgan fingerprint density at radius 1 is 1.35 bits per heavy atom. The Morgan fingerprint density at radius 2 is 2.25 bits per heavy atom. The highest BCUT2D eigenvalue weighted by molar-refractivity contribution is 5.09. The number of pyridine rings is 1. The molecule has 0 bridgehead atoms. The Hall–Kier alpha value is -1.68. The molecule has 1 saturated heterocycles. The van der Waals surface area contributed by atoms with Crippen molar-refractivity contribution in [2.45, 2.75) is 45.8 Å². The van der Waals surface area contributed by atoms with Crippen molar-refractivity contribution in [1.29, 1.82) is 0 Å². The molecule has 0 aliphatic carbocycles. The van der Waals surface area contributed by atoms with E-state index in [9.17, 15) is 0 Å². The van der Waals surface area contributed by atoms with Crippen molar-refractivity contribution >= 4 is 0 Å². The standard InChI is InChI=1S/C16H22N4/c1-13-9-14(2)20(18-13)12-16-6-4-8-19(16)11-15-5-3-7-17-10-15/h3,5,7,9-10,16H,4,6,8,11-12H2,1-2H3/t16-/m0/s1. The summed E-state index contributed by atoms with van der Waals surface area (Å²) in [5.41, 5.74) is 3.67. The molecular formula is C16H22N4. The van der Waals surface area contributed by atoms with E-state index in [2.05, 4.69) is 45.6 Å². The van der Waals surface area contributed by atoms with E-state index in [0.717, 1.165) is 18.8 Å². The lowest BCUT2D eigenvalue weighted by Crippen LogP contribution is -2.33. The Labute approximate surface area is 120 Å². The van der Waals surface area contributed by atoms with Gasteiger partial charge in [0.15, 0.2) is 0 Å². The van der Waals surface area contributed by atoms with Crippen molar-refractivity contribution in [3.8, 4) is 0 Å². The lowest BCUT2D eigenvalue weighted by Gasteiger charge is -2.24. The Kier molecular flexibility index (Phi) is 3.83. The first-order chi connectivity index (χ1) is 9.72. The first-order valence-corrected chi connectivity index (χ1v) is 7.36. The zero-order valence-corrected chi connectivity index (χ0v) is 12.3. The van der Waals surface area contributed by atoms with Crippen LogP contribution in [0.25, 0.3) is 0 Å². The fraction of sp³-hybridized carbons (Fsp3) is 0.500. The average Bonchev–Trinajstić information content (AvgIpc) is 2.99. The van der Waals surface area contributed by atoms with Crippen LogP contribution >= 0.6 is 0 Å². The molecule has 0 unspecified atom stereocenters. The maximum atomic E-state index is 4.59. The molecule has 1 aliphatic heterocycles. The van der Waals surface area contributed by atoms with Crippen molar-refractivity contribution in [2.24, 2.45) is 0 Å². The summed E-state index contributed by atoms with van der Waals surface area (Å²) in [5.74, 6) is 0. The Balaban J connectivity index is 1.68. The van der Waals surface area contributed by atoms with E-state index in [1.54, 1.807) is 0 Å². The molecule has 1 atom stereocenters. The minimum atomic E-state index is 0.591. The fourth-order valence-corrected chi connectivity index (χ4v) is 3.10. The summed E-state index contributed by atoms with van der Waals surface area (Å²) in [6.07, 6.45) is 6.35. The largest absolute Gasteiger partial charge is 0.294 e. The molecule has 0 radical (unpaired) electrons. The van der Waals surface area contributed by atoms with E-state index < -0.39 is 0 Å². The number of likely N-dealkylation sites (tertiary alicyclic amines) is 1. The van der Waals surface area contributed by atoms with E-state index >= 15 is 0 Å². The van der Waals surface area contributed by atoms with Crippen LogP contribution in [0.3, 0.4) is 0 Å². The number of aromatic nitrogens is 3. The van der Waals surface area contributed by atoms with Gasteiger partial charge in [0.25, 0.3) is 0 Å². The zero-order chi connectivity index (χ0) is 13.9. The van der Waals surface area contributed by atoms with Crippen LogP contribution in [0.5, 0.6) is 0 Å². The Morgan fingerprint density at radius 3 is 2.95 bits per heavy atom. The van der Waals surface area contributed by atoms with E-state index in [-0.39, 0.29) is 0 Å². The van der Waals surface area contributed by atoms with Crippen LogP contribution in [0, 0.1) is 13.8 Å². The number of nitrogens with zero attached hydrogens (tertiary/aromatic N) is 4. The fourth-order valence-electron chi connectivity index (χ4n) is 3.10. The number of rotatable bonds is 4. The van der Waals surface area contributed by atoms with Gasteiger partial charge in [-0.3, -0.25) is 14.6 Å². The maximum Gasteiger partial charge on any atom is 0.0596 e. The van der Waals surface area contributed by atoms with E-state index in [0.29, 0.717) is 6.04 Å². The van der Waals surface area contributed by atoms with E-state index in [1.165, 1.54) is 30.6 Å². The molecule has 20 heavy (non-hydrogen) atoms. The van der Waals surface area contributed by atoms with Crippen LogP contribution in [-0.4, -0.2) is 32.3 Å². The second-order valence-electron chi connectivity index (χ2n) is 5.74. The molecule has 3 rings (SSSR count). The van der Waals surface area contributed by atoms with Crippen molar-refractivity contribution in [2.75, 3.05) is 6.54 Å². The van der Waals surface area contributed by atoms with Crippen LogP contribution in [0.4, 0.5) is 0 Å². The molecule has 106 valence electrons. The summed E-state index contributed by atoms with van der Waals surface area (Å²) in [7, 11) is 0. The van der Waals surface area contributed by atoms with Gasteiger partial charge < -0.3 is 0 Å². The van der Waals surface area contributed by atoms with Gasteiger partial charge in [0.05, 0.1) is 12.2 Å². The van der Waals surface area contributed by atoms with Gasteiger partial charge in [-0.25, -0.2) is 0 Å². The SMILES string of the molecule is Cc1cc(C)n(C[C@@H]2CCCN2Cc2cccnc2)n1. The summed E-state index contributed by atoms with van der Waals surface area (Å²) in [6.45, 7) is 7.38. The lowest BCUT2D eigenvalue weighted by atomic mass is 10.2. The van der Waals surface area contributed by atoms with Gasteiger partial charge in [-0.1, -0.05) is 6.07 Å². The Bertz CT molecular complexity index is 561. The second kappa shape index (κ2) is 5.75. The van der Waals surface area contributed by atoms with Gasteiger partial charge in [0.1, 0.15) is 0 Å². The van der Waals surface area contributed by atoms with Gasteiger partial charge in [0.2, 0.25) is 0 Å². The lowest BCUT2D eigenvalue weighted by molar-refractivity contribution is 0.218. The molecule has 0 N–H and O–H groups in total. The molecule has 2 aromatic heterocycles. The van der Waals surface area contributed by atoms with Crippen LogP contribution in [0.2, 0.25) is 0 Å². The third-order valence-corrected chi connectivity index (χ3v) is 4.09. The third kappa shape index (κ3) is 2.90.